The molecule has 2 aromatic heterocycles. The fourth-order valence-electron chi connectivity index (χ4n) is 1.77. The van der Waals surface area contributed by atoms with E-state index in [4.69, 9.17) is 5.73 Å². The number of imidazole rings is 1. The lowest BCUT2D eigenvalue weighted by Gasteiger charge is -1.98. The number of anilines is 1. The Kier molecular flexibility index (Phi) is 2.96. The number of rotatable bonds is 3. The van der Waals surface area contributed by atoms with Crippen LogP contribution in [0.2, 0.25) is 0 Å². The topological polar surface area (TPSA) is 111 Å². The first-order valence-corrected chi connectivity index (χ1v) is 5.92. The normalized spacial score (nSPS) is 11.2. The summed E-state index contributed by atoms with van der Waals surface area (Å²) in [7, 11) is 0. The zero-order chi connectivity index (χ0) is 13.9. The molecule has 0 saturated carbocycles. The molecule has 0 atom stereocenters. The van der Waals surface area contributed by atoms with Gasteiger partial charge in [0, 0.05) is 5.56 Å². The van der Waals surface area contributed by atoms with Gasteiger partial charge in [0.15, 0.2) is 0 Å². The maximum Gasteiger partial charge on any atom is 0.221 e. The molecule has 0 radical (unpaired) electrons. The van der Waals surface area contributed by atoms with Crippen molar-refractivity contribution in [1.29, 1.82) is 0 Å². The Bertz CT molecular complexity index is 741. The van der Waals surface area contributed by atoms with Crippen molar-refractivity contribution in [1.82, 2.24) is 30.3 Å². The van der Waals surface area contributed by atoms with Crippen molar-refractivity contribution in [2.45, 2.75) is 6.92 Å². The van der Waals surface area contributed by atoms with Crippen LogP contribution in [0.4, 0.5) is 5.95 Å². The fourth-order valence-corrected chi connectivity index (χ4v) is 1.77. The van der Waals surface area contributed by atoms with E-state index in [-0.39, 0.29) is 0 Å². The summed E-state index contributed by atoms with van der Waals surface area (Å²) in [6.07, 6.45) is 3.45. The fraction of sp³-hybridized carbons (Fsp3) is 0.0833. The van der Waals surface area contributed by atoms with Crippen LogP contribution in [0.3, 0.4) is 0 Å². The number of aryl methyl sites for hydroxylation is 1. The van der Waals surface area contributed by atoms with E-state index in [2.05, 4.69) is 30.7 Å². The molecule has 0 unspecified atom stereocenters. The van der Waals surface area contributed by atoms with Gasteiger partial charge >= 0.3 is 0 Å². The van der Waals surface area contributed by atoms with E-state index in [1.54, 1.807) is 12.4 Å². The lowest BCUT2D eigenvalue weighted by atomic mass is 10.1. The number of nitrogens with zero attached hydrogens (tertiary/aromatic N) is 6. The third-order valence-electron chi connectivity index (χ3n) is 2.66. The van der Waals surface area contributed by atoms with Gasteiger partial charge < -0.3 is 5.73 Å². The molecule has 8 nitrogen and oxygen atoms in total. The van der Waals surface area contributed by atoms with Crippen molar-refractivity contribution in [2.24, 2.45) is 5.10 Å². The molecule has 3 aromatic rings. The summed E-state index contributed by atoms with van der Waals surface area (Å²) < 4.78 is 1.52. The van der Waals surface area contributed by atoms with Crippen LogP contribution in [0.25, 0.3) is 11.4 Å². The lowest BCUT2D eigenvalue weighted by Crippen LogP contribution is -1.97. The van der Waals surface area contributed by atoms with Gasteiger partial charge in [0.25, 0.3) is 0 Å². The van der Waals surface area contributed by atoms with Crippen molar-refractivity contribution in [3.05, 3.63) is 41.7 Å². The Morgan fingerprint density at radius 3 is 3.00 bits per heavy atom. The van der Waals surface area contributed by atoms with Gasteiger partial charge in [0.2, 0.25) is 11.8 Å². The smallest absolute Gasteiger partial charge is 0.221 e. The molecular weight excluding hydrogens is 256 g/mol. The van der Waals surface area contributed by atoms with Gasteiger partial charge in [-0.2, -0.15) is 10.3 Å². The summed E-state index contributed by atoms with van der Waals surface area (Å²) in [6.45, 7) is 1.86. The van der Waals surface area contributed by atoms with Crippen molar-refractivity contribution in [3.63, 3.8) is 0 Å². The molecule has 0 aliphatic heterocycles. The highest BCUT2D eigenvalue weighted by Gasteiger charge is 2.03. The number of benzene rings is 1. The first-order valence-electron chi connectivity index (χ1n) is 5.92. The predicted octanol–water partition coefficient (Wildman–Crippen LogP) is 0.836. The quantitative estimate of drug-likeness (QED) is 0.684. The maximum atomic E-state index is 5.72. The highest BCUT2D eigenvalue weighted by molar-refractivity contribution is 5.81. The number of aromatic amines is 1. The molecule has 0 amide bonds. The average Bonchev–Trinajstić information content (AvgIpc) is 3.07. The number of hydrogen-bond donors (Lipinski definition) is 2. The van der Waals surface area contributed by atoms with E-state index in [1.165, 1.54) is 4.68 Å². The Morgan fingerprint density at radius 2 is 2.30 bits per heavy atom. The Balaban J connectivity index is 1.88. The van der Waals surface area contributed by atoms with Gasteiger partial charge in [-0.25, -0.2) is 9.66 Å². The SMILES string of the molecule is Cc1cn(N=Cc2cccc(-c3nn[nH]n3)c2)c(N)n1. The van der Waals surface area contributed by atoms with Gasteiger partial charge in [-0.3, -0.25) is 0 Å². The van der Waals surface area contributed by atoms with E-state index in [9.17, 15) is 0 Å². The second-order valence-electron chi connectivity index (χ2n) is 4.19. The van der Waals surface area contributed by atoms with E-state index in [1.807, 2.05) is 31.2 Å². The first kappa shape index (κ1) is 12.0. The third kappa shape index (κ3) is 2.39. The van der Waals surface area contributed by atoms with Crippen LogP contribution < -0.4 is 5.73 Å². The Morgan fingerprint density at radius 1 is 1.40 bits per heavy atom. The molecule has 2 heterocycles. The number of nitrogens with one attached hydrogen (secondary N) is 1. The summed E-state index contributed by atoms with van der Waals surface area (Å²) in [5.41, 5.74) is 8.30. The molecule has 0 saturated heterocycles. The number of aromatic nitrogens is 6. The van der Waals surface area contributed by atoms with Crippen molar-refractivity contribution in [3.8, 4) is 11.4 Å². The van der Waals surface area contributed by atoms with Gasteiger partial charge in [-0.05, 0) is 23.8 Å². The van der Waals surface area contributed by atoms with Crippen LogP contribution >= 0.6 is 0 Å². The van der Waals surface area contributed by atoms with Gasteiger partial charge in [-0.1, -0.05) is 18.2 Å². The van der Waals surface area contributed by atoms with E-state index < -0.39 is 0 Å². The van der Waals surface area contributed by atoms with Gasteiger partial charge in [-0.15, -0.1) is 10.2 Å². The summed E-state index contributed by atoms with van der Waals surface area (Å²) in [4.78, 5) is 4.08. The van der Waals surface area contributed by atoms with Crippen LogP contribution in [0, 0.1) is 6.92 Å². The molecular formula is C12H12N8. The molecule has 0 bridgehead atoms. The third-order valence-corrected chi connectivity index (χ3v) is 2.66. The largest absolute Gasteiger partial charge is 0.368 e. The second-order valence-corrected chi connectivity index (χ2v) is 4.19. The summed E-state index contributed by atoms with van der Waals surface area (Å²) in [5, 5.41) is 18.1. The summed E-state index contributed by atoms with van der Waals surface area (Å²) in [6, 6.07) is 7.63. The maximum absolute atomic E-state index is 5.72. The molecule has 0 spiro atoms. The standard InChI is InChI=1S/C12H12N8/c1-8-7-20(12(13)15-8)14-6-9-3-2-4-10(5-9)11-16-18-19-17-11/h2-7H,1H3,(H2,13,15)(H,16,17,18,19). The van der Waals surface area contributed by atoms with Crippen LogP contribution in [0.1, 0.15) is 11.3 Å². The number of tetrazole rings is 1. The minimum atomic E-state index is 0.355. The van der Waals surface area contributed by atoms with Crippen molar-refractivity contribution >= 4 is 12.2 Å². The molecule has 0 fully saturated rings. The van der Waals surface area contributed by atoms with Crippen LogP contribution in [0.5, 0.6) is 0 Å². The van der Waals surface area contributed by atoms with Crippen molar-refractivity contribution < 1.29 is 0 Å². The number of H-pyrrole nitrogens is 1. The van der Waals surface area contributed by atoms with E-state index in [0.29, 0.717) is 11.8 Å². The van der Waals surface area contributed by atoms with Crippen LogP contribution in [-0.2, 0) is 0 Å². The Hall–Kier alpha value is -3.03. The lowest BCUT2D eigenvalue weighted by molar-refractivity contribution is 0.881. The zero-order valence-electron chi connectivity index (χ0n) is 10.7. The molecule has 8 heteroatoms. The molecule has 0 aliphatic carbocycles. The minimum absolute atomic E-state index is 0.355. The summed E-state index contributed by atoms with van der Waals surface area (Å²) in [5.74, 6) is 0.895. The van der Waals surface area contributed by atoms with Gasteiger partial charge in [0.05, 0.1) is 18.1 Å². The van der Waals surface area contributed by atoms with Gasteiger partial charge in [0.1, 0.15) is 0 Å². The average molecular weight is 268 g/mol. The zero-order valence-corrected chi connectivity index (χ0v) is 10.7. The van der Waals surface area contributed by atoms with Crippen molar-refractivity contribution in [2.75, 3.05) is 5.73 Å². The number of nitrogens with two attached hydrogens (primary N) is 1. The predicted molar refractivity (Wildman–Crippen MR) is 74.0 cm³/mol. The van der Waals surface area contributed by atoms with Crippen LogP contribution in [0.15, 0.2) is 35.6 Å². The molecule has 0 aliphatic rings. The Labute approximate surface area is 114 Å². The monoisotopic (exact) mass is 268 g/mol. The number of hydrogen-bond acceptors (Lipinski definition) is 6. The van der Waals surface area contributed by atoms with E-state index >= 15 is 0 Å². The molecule has 1 aromatic carbocycles. The highest BCUT2D eigenvalue weighted by Crippen LogP contribution is 2.14. The molecule has 3 rings (SSSR count). The molecule has 3 N–H and O–H groups in total. The molecule has 100 valence electrons. The second kappa shape index (κ2) is 4.92. The summed E-state index contributed by atoms with van der Waals surface area (Å²) >= 11 is 0. The molecule has 20 heavy (non-hydrogen) atoms. The number of nitrogen functional groups attached to an aromatic ring is 1. The first-order chi connectivity index (χ1) is 9.72. The minimum Gasteiger partial charge on any atom is -0.368 e. The highest BCUT2D eigenvalue weighted by atomic mass is 15.5. The van der Waals surface area contributed by atoms with E-state index in [0.717, 1.165) is 16.8 Å². The van der Waals surface area contributed by atoms with Crippen LogP contribution in [-0.4, -0.2) is 36.5 Å².